The van der Waals surface area contributed by atoms with E-state index in [-0.39, 0.29) is 29.7 Å². The molecule has 1 saturated heterocycles. The zero-order valence-corrected chi connectivity index (χ0v) is 16.9. The molecule has 0 saturated carbocycles. The van der Waals surface area contributed by atoms with Gasteiger partial charge in [-0.25, -0.2) is 0 Å². The lowest BCUT2D eigenvalue weighted by Crippen LogP contribution is -2.25. The molecule has 0 spiro atoms. The number of aromatic nitrogens is 1. The van der Waals surface area contributed by atoms with E-state index >= 15 is 0 Å². The summed E-state index contributed by atoms with van der Waals surface area (Å²) in [5.74, 6) is 0.208. The van der Waals surface area contributed by atoms with Crippen LogP contribution in [-0.2, 0) is 23.8 Å². The summed E-state index contributed by atoms with van der Waals surface area (Å²) in [5, 5.41) is 2.29. The Morgan fingerprint density at radius 3 is 2.65 bits per heavy atom. The summed E-state index contributed by atoms with van der Waals surface area (Å²) in [5.41, 5.74) is 1.02. The summed E-state index contributed by atoms with van der Waals surface area (Å²) < 4.78 is 44.9. The Labute approximate surface area is 180 Å². The van der Waals surface area contributed by atoms with Gasteiger partial charge in [0.15, 0.2) is 0 Å². The van der Waals surface area contributed by atoms with Crippen molar-refractivity contribution in [2.24, 2.45) is 0 Å². The summed E-state index contributed by atoms with van der Waals surface area (Å²) in [7, 11) is 0. The van der Waals surface area contributed by atoms with Gasteiger partial charge in [0.2, 0.25) is 5.91 Å². The van der Waals surface area contributed by atoms with Crippen molar-refractivity contribution in [3.05, 3.63) is 71.4 Å². The minimum atomic E-state index is -4.40. The maximum Gasteiger partial charge on any atom is 0.416 e. The molecule has 1 aliphatic heterocycles. The van der Waals surface area contributed by atoms with E-state index in [1.54, 1.807) is 30.5 Å². The van der Waals surface area contributed by atoms with Crippen molar-refractivity contribution < 1.29 is 27.5 Å². The van der Waals surface area contributed by atoms with Gasteiger partial charge >= 0.3 is 6.18 Å². The maximum atomic E-state index is 13.1. The van der Waals surface area contributed by atoms with Crippen molar-refractivity contribution in [3.8, 4) is 5.75 Å². The lowest BCUT2D eigenvalue weighted by Gasteiger charge is -2.13. The zero-order valence-electron chi connectivity index (χ0n) is 16.1. The number of amides is 2. The lowest BCUT2D eigenvalue weighted by molar-refractivity contribution is -0.138. The first-order valence-corrected chi connectivity index (χ1v) is 10.4. The van der Waals surface area contributed by atoms with Crippen molar-refractivity contribution in [1.29, 1.82) is 0 Å². The Kier molecular flexibility index (Phi) is 5.86. The topological polar surface area (TPSA) is 68.3 Å². The van der Waals surface area contributed by atoms with Crippen LogP contribution in [0.5, 0.6) is 5.75 Å². The Hall–Kier alpha value is -3.07. The number of nitrogens with zero attached hydrogens (tertiary/aromatic N) is 1. The smallest absolute Gasteiger partial charge is 0.416 e. The number of pyridine rings is 1. The number of carbonyl (C=O) groups is 2. The summed E-state index contributed by atoms with van der Waals surface area (Å²) >= 11 is 0.968. The fourth-order valence-electron chi connectivity index (χ4n) is 3.38. The van der Waals surface area contributed by atoms with Crippen molar-refractivity contribution in [2.45, 2.75) is 24.3 Å². The Bertz CT molecular complexity index is 1150. The van der Waals surface area contributed by atoms with Gasteiger partial charge in [0, 0.05) is 24.1 Å². The molecule has 1 atom stereocenters. The average Bonchev–Trinajstić information content (AvgIpc) is 3.04. The van der Waals surface area contributed by atoms with Crippen molar-refractivity contribution in [2.75, 3.05) is 6.61 Å². The number of alkyl halides is 3. The molecule has 9 heteroatoms. The summed E-state index contributed by atoms with van der Waals surface area (Å²) in [4.78, 5) is 27.4. The van der Waals surface area contributed by atoms with E-state index < -0.39 is 17.0 Å². The van der Waals surface area contributed by atoms with Gasteiger partial charge in [-0.05, 0) is 41.8 Å². The second kappa shape index (κ2) is 8.58. The number of thioether (sulfide) groups is 1. The number of carbonyl (C=O) groups excluding carboxylic acids is 2. The summed E-state index contributed by atoms with van der Waals surface area (Å²) in [6.45, 7) is 0.0960. The number of benzene rings is 2. The van der Waals surface area contributed by atoms with Gasteiger partial charge in [-0.1, -0.05) is 30.0 Å². The third kappa shape index (κ3) is 4.99. The van der Waals surface area contributed by atoms with Crippen molar-refractivity contribution in [3.63, 3.8) is 0 Å². The van der Waals surface area contributed by atoms with Crippen LogP contribution in [0.2, 0.25) is 0 Å². The quantitative estimate of drug-likeness (QED) is 0.591. The molecule has 0 aliphatic carbocycles. The van der Waals surface area contributed by atoms with Crippen LogP contribution in [0.15, 0.2) is 54.7 Å². The van der Waals surface area contributed by atoms with Gasteiger partial charge in [-0.2, -0.15) is 13.2 Å². The van der Waals surface area contributed by atoms with E-state index in [2.05, 4.69) is 10.3 Å². The molecule has 4 rings (SSSR count). The van der Waals surface area contributed by atoms with Crippen LogP contribution in [0.25, 0.3) is 10.9 Å². The number of ether oxygens (including phenoxy) is 1. The molecule has 2 amide bonds. The molecule has 31 heavy (non-hydrogen) atoms. The molecule has 1 aliphatic rings. The van der Waals surface area contributed by atoms with E-state index in [4.69, 9.17) is 4.74 Å². The number of imide groups is 1. The van der Waals surface area contributed by atoms with Gasteiger partial charge < -0.3 is 4.74 Å². The normalized spacial score (nSPS) is 16.5. The highest BCUT2D eigenvalue weighted by Gasteiger charge is 2.33. The Balaban J connectivity index is 1.41. The van der Waals surface area contributed by atoms with Crippen LogP contribution in [0.4, 0.5) is 18.0 Å². The zero-order chi connectivity index (χ0) is 22.0. The van der Waals surface area contributed by atoms with E-state index in [0.29, 0.717) is 17.7 Å². The minimum absolute atomic E-state index is 0.0960. The number of hydrogen-bond donors (Lipinski definition) is 1. The van der Waals surface area contributed by atoms with Crippen LogP contribution < -0.4 is 10.1 Å². The fourth-order valence-corrected chi connectivity index (χ4v) is 4.24. The molecule has 1 aromatic heterocycles. The number of fused-ring (bicyclic) bond motifs is 1. The molecule has 2 aromatic carbocycles. The Morgan fingerprint density at radius 2 is 1.90 bits per heavy atom. The van der Waals surface area contributed by atoms with Gasteiger partial charge in [-0.3, -0.25) is 19.9 Å². The highest BCUT2D eigenvalue weighted by molar-refractivity contribution is 8.15. The molecule has 1 N–H and O–H groups in total. The predicted octanol–water partition coefficient (Wildman–Crippen LogP) is 4.77. The molecular weight excluding hydrogens is 429 g/mol. The molecule has 5 nitrogen and oxygen atoms in total. The van der Waals surface area contributed by atoms with Crippen LogP contribution >= 0.6 is 11.8 Å². The molecular formula is C22H17F3N2O3S. The highest BCUT2D eigenvalue weighted by Crippen LogP contribution is 2.32. The number of nitrogens with one attached hydrogen (secondary N) is 1. The van der Waals surface area contributed by atoms with Gasteiger partial charge in [-0.15, -0.1) is 0 Å². The van der Waals surface area contributed by atoms with Crippen molar-refractivity contribution >= 4 is 33.8 Å². The predicted molar refractivity (Wildman–Crippen MR) is 111 cm³/mol. The van der Waals surface area contributed by atoms with E-state index in [1.807, 2.05) is 6.07 Å². The first kappa shape index (κ1) is 21.2. The SMILES string of the molecule is O=C1NC(=O)C(Cc2cnc3cc(OCCc4ccccc4C(F)(F)F)ccc3c2)S1. The van der Waals surface area contributed by atoms with Crippen LogP contribution in [-0.4, -0.2) is 28.0 Å². The summed E-state index contributed by atoms with van der Waals surface area (Å²) in [6.07, 6.45) is -2.24. The number of rotatable bonds is 6. The maximum absolute atomic E-state index is 13.1. The molecule has 2 heterocycles. The van der Waals surface area contributed by atoms with Crippen molar-refractivity contribution in [1.82, 2.24) is 10.3 Å². The van der Waals surface area contributed by atoms with Crippen LogP contribution in [0.1, 0.15) is 16.7 Å². The molecule has 0 bridgehead atoms. The molecule has 1 unspecified atom stereocenters. The highest BCUT2D eigenvalue weighted by atomic mass is 32.2. The third-order valence-corrected chi connectivity index (χ3v) is 5.84. The summed E-state index contributed by atoms with van der Waals surface area (Å²) in [6, 6.07) is 12.6. The first-order chi connectivity index (χ1) is 14.8. The third-order valence-electron chi connectivity index (χ3n) is 4.86. The second-order valence-corrected chi connectivity index (χ2v) is 8.21. The van der Waals surface area contributed by atoms with Crippen LogP contribution in [0.3, 0.4) is 0 Å². The van der Waals surface area contributed by atoms with E-state index in [9.17, 15) is 22.8 Å². The van der Waals surface area contributed by atoms with E-state index in [0.717, 1.165) is 28.8 Å². The Morgan fingerprint density at radius 1 is 1.10 bits per heavy atom. The minimum Gasteiger partial charge on any atom is -0.493 e. The first-order valence-electron chi connectivity index (χ1n) is 9.48. The van der Waals surface area contributed by atoms with Gasteiger partial charge in [0.25, 0.3) is 5.24 Å². The molecule has 1 fully saturated rings. The largest absolute Gasteiger partial charge is 0.493 e. The number of halogens is 3. The monoisotopic (exact) mass is 446 g/mol. The lowest BCUT2D eigenvalue weighted by atomic mass is 10.0. The standard InChI is InChI=1S/C22H17F3N2O3S/c23-22(24,25)17-4-2-1-3-14(17)7-8-30-16-6-5-15-9-13(12-26-18(15)11-16)10-19-20(28)27-21(29)31-19/h1-6,9,11-12,19H,7-8,10H2,(H,27,28,29). The van der Waals surface area contributed by atoms with Crippen LogP contribution in [0, 0.1) is 0 Å². The van der Waals surface area contributed by atoms with Gasteiger partial charge in [0.1, 0.15) is 5.75 Å². The fraction of sp³-hybridized carbons (Fsp3) is 0.227. The van der Waals surface area contributed by atoms with E-state index in [1.165, 1.54) is 12.1 Å². The van der Waals surface area contributed by atoms with Gasteiger partial charge in [0.05, 0.1) is 22.9 Å². The number of hydrogen-bond acceptors (Lipinski definition) is 5. The second-order valence-electron chi connectivity index (χ2n) is 7.04. The molecule has 160 valence electrons. The molecule has 3 aromatic rings. The average molecular weight is 446 g/mol. The molecule has 0 radical (unpaired) electrons.